The van der Waals surface area contributed by atoms with E-state index in [4.69, 9.17) is 40.3 Å². The van der Waals surface area contributed by atoms with Crippen molar-refractivity contribution in [2.75, 3.05) is 26.2 Å². The van der Waals surface area contributed by atoms with Gasteiger partial charge in [0.05, 0.1) is 17.5 Å². The van der Waals surface area contributed by atoms with Gasteiger partial charge in [0, 0.05) is 6.42 Å². The van der Waals surface area contributed by atoms with Crippen LogP contribution in [0.5, 0.6) is 0 Å². The molecule has 9 atom stereocenters. The monoisotopic (exact) mass is 813 g/mol. The molecule has 56 heavy (non-hydrogen) atoms. The van der Waals surface area contributed by atoms with E-state index in [0.29, 0.717) is 5.56 Å². The molecule has 0 aliphatic carbocycles. The molecule has 0 radical (unpaired) electrons. The quantitative estimate of drug-likeness (QED) is 0.0393. The molecule has 0 aliphatic heterocycles. The van der Waals surface area contributed by atoms with Crippen LogP contribution in [0.1, 0.15) is 52.0 Å². The van der Waals surface area contributed by atoms with Gasteiger partial charge in [0.2, 0.25) is 35.4 Å². The second-order valence-corrected chi connectivity index (χ2v) is 14.1. The highest BCUT2D eigenvalue weighted by molar-refractivity contribution is 6.23. The number of carboxylic acid groups (broad SMARTS) is 1. The van der Waals surface area contributed by atoms with E-state index in [0.717, 1.165) is 6.92 Å². The van der Waals surface area contributed by atoms with Crippen molar-refractivity contribution in [3.63, 3.8) is 0 Å². The Morgan fingerprint density at radius 1 is 0.589 bits per heavy atom. The summed E-state index contributed by atoms with van der Waals surface area (Å²) in [6.45, 7) is 4.49. The van der Waals surface area contributed by atoms with Crippen LogP contribution in [0.2, 0.25) is 0 Å². The van der Waals surface area contributed by atoms with Crippen LogP contribution in [-0.2, 0) is 40.0 Å². The van der Waals surface area contributed by atoms with Gasteiger partial charge in [-0.05, 0) is 70.3 Å². The van der Waals surface area contributed by atoms with E-state index < -0.39 is 101 Å². The van der Waals surface area contributed by atoms with E-state index in [1.807, 2.05) is 0 Å². The average molecular weight is 814 g/mol. The third-order valence-corrected chi connectivity index (χ3v) is 9.33. The summed E-state index contributed by atoms with van der Waals surface area (Å²) in [5.74, 6) is -6.84. The third kappa shape index (κ3) is 16.7. The van der Waals surface area contributed by atoms with Crippen molar-refractivity contribution in [3.05, 3.63) is 35.9 Å². The van der Waals surface area contributed by atoms with Gasteiger partial charge in [-0.15, -0.1) is 11.6 Å². The first-order valence-electron chi connectivity index (χ1n) is 18.4. The number of amides is 6. The maximum absolute atomic E-state index is 14.0. The number of carbonyl (C=O) groups excluding carboxylic acids is 6. The molecule has 0 bridgehead atoms. The van der Waals surface area contributed by atoms with Gasteiger partial charge in [0.1, 0.15) is 30.2 Å². The van der Waals surface area contributed by atoms with E-state index in [2.05, 4.69) is 31.9 Å². The molecule has 6 amide bonds. The van der Waals surface area contributed by atoms with E-state index in [1.54, 1.807) is 44.2 Å². The Labute approximate surface area is 331 Å². The number of rotatable bonds is 26. The van der Waals surface area contributed by atoms with E-state index in [1.165, 1.54) is 0 Å². The lowest BCUT2D eigenvalue weighted by atomic mass is 9.99. The predicted molar refractivity (Wildman–Crippen MR) is 208 cm³/mol. The smallest absolute Gasteiger partial charge is 0.328 e. The van der Waals surface area contributed by atoms with Gasteiger partial charge >= 0.3 is 5.97 Å². The van der Waals surface area contributed by atoms with Crippen LogP contribution in [0.25, 0.3) is 0 Å². The second kappa shape index (κ2) is 25.7. The first-order chi connectivity index (χ1) is 26.4. The summed E-state index contributed by atoms with van der Waals surface area (Å²) in [6.07, 6.45) is -1.61. The summed E-state index contributed by atoms with van der Waals surface area (Å²) in [7, 11) is 0. The summed E-state index contributed by atoms with van der Waals surface area (Å²) in [4.78, 5) is 92.1. The average Bonchev–Trinajstić information content (AvgIpc) is 3.14. The number of hydrogen-bond donors (Lipinski definition) is 13. The van der Waals surface area contributed by atoms with E-state index >= 15 is 0 Å². The zero-order chi connectivity index (χ0) is 42.5. The number of hydrogen-bond acceptors (Lipinski definition) is 13. The van der Waals surface area contributed by atoms with Gasteiger partial charge in [-0.1, -0.05) is 44.2 Å². The van der Waals surface area contributed by atoms with Crippen LogP contribution in [0.3, 0.4) is 0 Å². The minimum absolute atomic E-state index is 0.00447. The number of halogens is 1. The fraction of sp³-hybridized carbons (Fsp3) is 0.629. The lowest BCUT2D eigenvalue weighted by molar-refractivity contribution is -0.145. The number of benzene rings is 1. The first-order valence-corrected chi connectivity index (χ1v) is 18.8. The SMILES string of the molecule is CC(C)C(Cl)[C@H](NC(=O)[C@@H](Cc1ccccc1)NC(=O)[C@H](CCN)NC(=O)[C@@H](N)CCN)C(=O)N[C@@H](CCN)C(=O)N[C@@H](CCN)C(=O)N[C@H](C(=O)O)[C@@H](C)O. The van der Waals surface area contributed by atoms with Crippen molar-refractivity contribution in [3.8, 4) is 0 Å². The van der Waals surface area contributed by atoms with Gasteiger partial charge < -0.3 is 70.8 Å². The molecule has 1 aromatic rings. The molecule has 18 N–H and O–H groups in total. The molecular weight excluding hydrogens is 754 g/mol. The van der Waals surface area contributed by atoms with Gasteiger partial charge in [-0.2, -0.15) is 0 Å². The zero-order valence-corrected chi connectivity index (χ0v) is 32.8. The number of nitrogens with one attached hydrogen (secondary N) is 6. The van der Waals surface area contributed by atoms with Crippen LogP contribution in [0.4, 0.5) is 0 Å². The highest BCUT2D eigenvalue weighted by Gasteiger charge is 2.37. The maximum atomic E-state index is 14.0. The molecule has 0 aromatic heterocycles. The van der Waals surface area contributed by atoms with Gasteiger partial charge in [-0.3, -0.25) is 28.8 Å². The number of alkyl halides is 1. The Balaban J connectivity index is 3.39. The number of aliphatic hydroxyl groups excluding tert-OH is 1. The lowest BCUT2D eigenvalue weighted by Crippen LogP contribution is -2.62. The molecule has 21 heteroatoms. The first kappa shape index (κ1) is 49.6. The minimum atomic E-state index is -1.68. The van der Waals surface area contributed by atoms with Crippen LogP contribution >= 0.6 is 11.6 Å². The fourth-order valence-electron chi connectivity index (χ4n) is 5.33. The Morgan fingerprint density at radius 2 is 0.982 bits per heavy atom. The van der Waals surface area contributed by atoms with Crippen molar-refractivity contribution < 1.29 is 43.8 Å². The minimum Gasteiger partial charge on any atom is -0.480 e. The molecule has 0 spiro atoms. The highest BCUT2D eigenvalue weighted by Crippen LogP contribution is 2.16. The molecule has 20 nitrogen and oxygen atoms in total. The Bertz CT molecular complexity index is 1440. The van der Waals surface area contributed by atoms with Crippen molar-refractivity contribution in [2.24, 2.45) is 34.6 Å². The Hall–Kier alpha value is -4.44. The number of aliphatic hydroxyl groups is 1. The van der Waals surface area contributed by atoms with Crippen molar-refractivity contribution in [2.45, 2.75) is 107 Å². The van der Waals surface area contributed by atoms with Crippen LogP contribution in [0, 0.1) is 5.92 Å². The molecule has 0 heterocycles. The molecular formula is C35H60ClN11O9. The van der Waals surface area contributed by atoms with Gasteiger partial charge in [0.15, 0.2) is 6.04 Å². The molecule has 0 aliphatic rings. The summed E-state index contributed by atoms with van der Waals surface area (Å²) < 4.78 is 0. The number of carbonyl (C=O) groups is 7. The molecule has 1 unspecified atom stereocenters. The van der Waals surface area contributed by atoms with E-state index in [9.17, 15) is 43.8 Å². The Morgan fingerprint density at radius 3 is 1.41 bits per heavy atom. The van der Waals surface area contributed by atoms with Crippen molar-refractivity contribution in [1.29, 1.82) is 0 Å². The third-order valence-electron chi connectivity index (χ3n) is 8.58. The topological polar surface area (TPSA) is 362 Å². The Kier molecular flexibility index (Phi) is 22.7. The summed E-state index contributed by atoms with van der Waals surface area (Å²) in [5.41, 5.74) is 29.1. The van der Waals surface area contributed by atoms with E-state index in [-0.39, 0.29) is 58.3 Å². The molecule has 0 fully saturated rings. The second-order valence-electron chi connectivity index (χ2n) is 13.6. The van der Waals surface area contributed by atoms with Crippen molar-refractivity contribution in [1.82, 2.24) is 31.9 Å². The standard InChI is InChI=1S/C35H60ClN11O9/c1-18(2)26(36)28(34(54)44-23(11-15-39)30(50)43-24(12-16-40)32(52)46-27(19(3)48)35(55)56)47-33(53)25(17-20-7-5-4-6-8-20)45-31(51)22(10-14-38)42-29(49)21(41)9-13-37/h4-8,18-19,21-28,48H,9-17,37-41H2,1-3H3,(H,42,49)(H,43,50)(H,44,54)(H,45,51)(H,46,52)(H,47,53)(H,55,56)/t19-,21+,22+,23+,24+,25-,26?,27+,28+/m1/s1. The normalized spacial score (nSPS) is 16.1. The molecule has 0 saturated carbocycles. The lowest BCUT2D eigenvalue weighted by Gasteiger charge is -2.30. The summed E-state index contributed by atoms with van der Waals surface area (Å²) in [6, 6.07) is -0.673. The molecule has 0 saturated heterocycles. The number of nitrogens with two attached hydrogens (primary N) is 5. The van der Waals surface area contributed by atoms with Crippen LogP contribution in [0.15, 0.2) is 30.3 Å². The van der Waals surface area contributed by atoms with Crippen molar-refractivity contribution >= 4 is 53.0 Å². The van der Waals surface area contributed by atoms with Gasteiger partial charge in [-0.25, -0.2) is 4.79 Å². The largest absolute Gasteiger partial charge is 0.480 e. The maximum Gasteiger partial charge on any atom is 0.328 e. The fourth-order valence-corrected chi connectivity index (χ4v) is 5.51. The van der Waals surface area contributed by atoms with Crippen LogP contribution in [-0.4, -0.2) is 132 Å². The zero-order valence-electron chi connectivity index (χ0n) is 32.0. The summed E-state index contributed by atoms with van der Waals surface area (Å²) in [5, 5.41) is 33.0. The number of aliphatic carboxylic acids is 1. The predicted octanol–water partition coefficient (Wildman–Crippen LogP) is -4.41. The van der Waals surface area contributed by atoms with Crippen LogP contribution < -0.4 is 60.6 Å². The number of carboxylic acids is 1. The molecule has 1 aromatic carbocycles. The molecule has 316 valence electrons. The highest BCUT2D eigenvalue weighted by atomic mass is 35.5. The summed E-state index contributed by atoms with van der Waals surface area (Å²) >= 11 is 6.70. The van der Waals surface area contributed by atoms with Gasteiger partial charge in [0.25, 0.3) is 0 Å². The molecule has 1 rings (SSSR count).